The Balaban J connectivity index is 1.38. The fourth-order valence-electron chi connectivity index (χ4n) is 9.28. The summed E-state index contributed by atoms with van der Waals surface area (Å²) in [6.45, 7) is 6.97. The molecular formula is C28H41NO2. The third kappa shape index (κ3) is 3.46. The van der Waals surface area contributed by atoms with Gasteiger partial charge in [-0.3, -0.25) is 4.79 Å². The molecular weight excluding hydrogens is 382 g/mol. The first kappa shape index (κ1) is 21.5. The van der Waals surface area contributed by atoms with Gasteiger partial charge in [0.2, 0.25) is 5.91 Å². The zero-order valence-corrected chi connectivity index (χ0v) is 19.6. The third-order valence-corrected chi connectivity index (χ3v) is 10.6. The largest absolute Gasteiger partial charge is 0.390 e. The number of amides is 1. The molecule has 31 heavy (non-hydrogen) atoms. The van der Waals surface area contributed by atoms with E-state index in [1.54, 1.807) is 0 Å². The van der Waals surface area contributed by atoms with Crippen LogP contribution in [0, 0.1) is 40.9 Å². The van der Waals surface area contributed by atoms with Crippen LogP contribution in [0.25, 0.3) is 0 Å². The third-order valence-electron chi connectivity index (χ3n) is 10.6. The lowest BCUT2D eigenvalue weighted by atomic mass is 9.48. The van der Waals surface area contributed by atoms with Gasteiger partial charge in [-0.05, 0) is 123 Å². The molecule has 0 spiro atoms. The van der Waals surface area contributed by atoms with Crippen molar-refractivity contribution in [3.05, 3.63) is 35.4 Å². The molecule has 1 amide bonds. The minimum Gasteiger partial charge on any atom is -0.390 e. The highest BCUT2D eigenvalue weighted by Crippen LogP contribution is 2.66. The van der Waals surface area contributed by atoms with Gasteiger partial charge in [0, 0.05) is 5.56 Å². The first-order valence-corrected chi connectivity index (χ1v) is 12.8. The quantitative estimate of drug-likeness (QED) is 0.635. The summed E-state index contributed by atoms with van der Waals surface area (Å²) in [6.07, 6.45) is 11.2. The first-order valence-electron chi connectivity index (χ1n) is 12.8. The van der Waals surface area contributed by atoms with E-state index in [1.807, 2.05) is 12.1 Å². The van der Waals surface area contributed by atoms with Crippen molar-refractivity contribution in [3.8, 4) is 0 Å². The molecule has 9 atom stereocenters. The average Bonchev–Trinajstić information content (AvgIpc) is 3.09. The Morgan fingerprint density at radius 3 is 2.52 bits per heavy atom. The second-order valence-electron chi connectivity index (χ2n) is 12.1. The van der Waals surface area contributed by atoms with Gasteiger partial charge in [0.25, 0.3) is 0 Å². The van der Waals surface area contributed by atoms with Crippen molar-refractivity contribution in [2.45, 2.75) is 90.1 Å². The molecule has 5 rings (SSSR count). The predicted molar refractivity (Wildman–Crippen MR) is 125 cm³/mol. The molecule has 4 aliphatic carbocycles. The molecule has 3 nitrogen and oxygen atoms in total. The highest BCUT2D eigenvalue weighted by atomic mass is 16.3. The van der Waals surface area contributed by atoms with Crippen LogP contribution in [0.5, 0.6) is 0 Å². The van der Waals surface area contributed by atoms with Crippen LogP contribution < -0.4 is 5.73 Å². The summed E-state index contributed by atoms with van der Waals surface area (Å²) in [7, 11) is 0. The Morgan fingerprint density at radius 2 is 1.74 bits per heavy atom. The van der Waals surface area contributed by atoms with Gasteiger partial charge in [0.1, 0.15) is 0 Å². The van der Waals surface area contributed by atoms with Gasteiger partial charge in [0.05, 0.1) is 5.60 Å². The first-order chi connectivity index (χ1) is 14.7. The van der Waals surface area contributed by atoms with Gasteiger partial charge >= 0.3 is 0 Å². The zero-order valence-electron chi connectivity index (χ0n) is 19.6. The predicted octanol–water partition coefficient (Wildman–Crippen LogP) is 5.91. The number of rotatable bonds is 3. The molecule has 0 bridgehead atoms. The summed E-state index contributed by atoms with van der Waals surface area (Å²) >= 11 is 0. The van der Waals surface area contributed by atoms with Crippen molar-refractivity contribution < 1.29 is 9.90 Å². The smallest absolute Gasteiger partial charge is 0.248 e. The maximum Gasteiger partial charge on any atom is 0.248 e. The van der Waals surface area contributed by atoms with E-state index < -0.39 is 5.60 Å². The van der Waals surface area contributed by atoms with Crippen molar-refractivity contribution in [1.29, 1.82) is 0 Å². The van der Waals surface area contributed by atoms with Crippen LogP contribution in [-0.2, 0) is 0 Å². The number of carbonyl (C=O) groups is 1. The van der Waals surface area contributed by atoms with Crippen molar-refractivity contribution >= 4 is 5.91 Å². The fraction of sp³-hybridized carbons (Fsp3) is 0.750. The Hall–Kier alpha value is -1.35. The number of primary amides is 1. The molecule has 4 aliphatic rings. The van der Waals surface area contributed by atoms with E-state index >= 15 is 0 Å². The molecule has 0 unspecified atom stereocenters. The summed E-state index contributed by atoms with van der Waals surface area (Å²) in [6, 6.07) is 8.02. The lowest BCUT2D eigenvalue weighted by molar-refractivity contribution is -0.101. The molecule has 0 heterocycles. The average molecular weight is 424 g/mol. The van der Waals surface area contributed by atoms with Crippen molar-refractivity contribution in [3.63, 3.8) is 0 Å². The minimum atomic E-state index is -0.432. The Kier molecular flexibility index (Phi) is 5.28. The second kappa shape index (κ2) is 7.61. The van der Waals surface area contributed by atoms with E-state index in [1.165, 1.54) is 44.9 Å². The van der Waals surface area contributed by atoms with Gasteiger partial charge in [-0.2, -0.15) is 0 Å². The summed E-state index contributed by atoms with van der Waals surface area (Å²) in [5, 5.41) is 10.6. The molecule has 4 saturated carbocycles. The van der Waals surface area contributed by atoms with E-state index in [2.05, 4.69) is 32.9 Å². The lowest BCUT2D eigenvalue weighted by Gasteiger charge is -2.57. The maximum absolute atomic E-state index is 12.1. The van der Waals surface area contributed by atoms with Gasteiger partial charge < -0.3 is 10.8 Å². The van der Waals surface area contributed by atoms with E-state index in [9.17, 15) is 9.90 Å². The lowest BCUT2D eigenvalue weighted by Crippen LogP contribution is -2.50. The van der Waals surface area contributed by atoms with Crippen LogP contribution in [0.4, 0.5) is 0 Å². The summed E-state index contributed by atoms with van der Waals surface area (Å²) in [5.74, 6) is 4.86. The van der Waals surface area contributed by atoms with Crippen LogP contribution in [-0.4, -0.2) is 16.6 Å². The fourth-order valence-corrected chi connectivity index (χ4v) is 9.28. The normalized spacial score (nSPS) is 45.3. The molecule has 1 aromatic rings. The molecule has 0 radical (unpaired) electrons. The van der Waals surface area contributed by atoms with Gasteiger partial charge in [-0.15, -0.1) is 0 Å². The van der Waals surface area contributed by atoms with Crippen LogP contribution >= 0.6 is 0 Å². The zero-order chi connectivity index (χ0) is 22.0. The molecule has 170 valence electrons. The Labute approximate surface area is 188 Å². The molecule has 0 saturated heterocycles. The number of aliphatic hydroxyl groups is 1. The summed E-state index contributed by atoms with van der Waals surface area (Å²) in [4.78, 5) is 12.1. The highest BCUT2D eigenvalue weighted by Gasteiger charge is 2.58. The standard InChI is InChI=1S/C28H41NO2/c1-17(19-6-4-5-7-23(19)26(29)30)24-10-11-25-22-9-8-18-16-27(2,31)14-12-20(18)21(22)13-15-28(24,25)3/h4-7,17-18,20-22,24-25,31H,8-16H2,1-3H3,(H2,29,30)/t17-,18-,20+,21-,22-,24+,25+,27-,28-/m1/s1. The van der Waals surface area contributed by atoms with Crippen LogP contribution in [0.3, 0.4) is 0 Å². The Bertz CT molecular complexity index is 847. The van der Waals surface area contributed by atoms with Crippen molar-refractivity contribution in [2.75, 3.05) is 0 Å². The molecule has 3 heteroatoms. The topological polar surface area (TPSA) is 63.3 Å². The van der Waals surface area contributed by atoms with Crippen LogP contribution in [0.15, 0.2) is 24.3 Å². The minimum absolute atomic E-state index is 0.294. The van der Waals surface area contributed by atoms with Crippen LogP contribution in [0.1, 0.15) is 100 Å². The SMILES string of the molecule is C[C@H](c1ccccc1C(N)=O)[C@@H]1CC[C@H]2[C@@H]3CC[C@@H]4C[C@](C)(O)CC[C@@H]4[C@H]3CC[C@@]21C. The molecule has 0 aliphatic heterocycles. The number of carbonyl (C=O) groups excluding carboxylic acids is 1. The number of fused-ring (bicyclic) bond motifs is 5. The van der Waals surface area contributed by atoms with E-state index in [0.29, 0.717) is 22.8 Å². The van der Waals surface area contributed by atoms with Gasteiger partial charge in [-0.25, -0.2) is 0 Å². The molecule has 3 N–H and O–H groups in total. The number of nitrogens with two attached hydrogens (primary N) is 1. The Morgan fingerprint density at radius 1 is 1.00 bits per heavy atom. The van der Waals surface area contributed by atoms with E-state index in [0.717, 1.165) is 48.0 Å². The monoisotopic (exact) mass is 423 g/mol. The molecule has 4 fully saturated rings. The van der Waals surface area contributed by atoms with Crippen molar-refractivity contribution in [1.82, 2.24) is 0 Å². The van der Waals surface area contributed by atoms with Crippen LogP contribution in [0.2, 0.25) is 0 Å². The molecule has 0 aromatic heterocycles. The van der Waals surface area contributed by atoms with E-state index in [4.69, 9.17) is 5.73 Å². The summed E-state index contributed by atoms with van der Waals surface area (Å²) in [5.41, 5.74) is 7.54. The van der Waals surface area contributed by atoms with Gasteiger partial charge in [0.15, 0.2) is 0 Å². The number of hydrogen-bond donors (Lipinski definition) is 2. The maximum atomic E-state index is 12.1. The molecule has 1 aromatic carbocycles. The second-order valence-corrected chi connectivity index (χ2v) is 12.1. The highest BCUT2D eigenvalue weighted by molar-refractivity contribution is 5.94. The van der Waals surface area contributed by atoms with Gasteiger partial charge in [-0.1, -0.05) is 32.0 Å². The van der Waals surface area contributed by atoms with E-state index in [-0.39, 0.29) is 5.91 Å². The number of benzene rings is 1. The summed E-state index contributed by atoms with van der Waals surface area (Å²) < 4.78 is 0. The number of hydrogen-bond acceptors (Lipinski definition) is 2. The van der Waals surface area contributed by atoms with Crippen molar-refractivity contribution in [2.24, 2.45) is 46.7 Å².